The highest BCUT2D eigenvalue weighted by atomic mass is 19.1. The first-order valence-electron chi connectivity index (χ1n) is 8.98. The molecular weight excluding hydrogens is 375 g/mol. The molecule has 7 nitrogen and oxygen atoms in total. The van der Waals surface area contributed by atoms with Gasteiger partial charge in [-0.05, 0) is 31.2 Å². The van der Waals surface area contributed by atoms with Crippen LogP contribution in [0.3, 0.4) is 0 Å². The predicted octanol–water partition coefficient (Wildman–Crippen LogP) is 3.53. The lowest BCUT2D eigenvalue weighted by molar-refractivity contribution is -0.116. The molecule has 0 unspecified atom stereocenters. The van der Waals surface area contributed by atoms with Crippen LogP contribution >= 0.6 is 0 Å². The minimum Gasteiger partial charge on any atom is -0.348 e. The molecule has 0 saturated heterocycles. The second kappa shape index (κ2) is 7.67. The number of fused-ring (bicyclic) bond motifs is 1. The molecule has 0 spiro atoms. The predicted molar refractivity (Wildman–Crippen MR) is 106 cm³/mol. The molecule has 0 bridgehead atoms. The van der Waals surface area contributed by atoms with E-state index < -0.39 is 5.56 Å². The molecule has 0 aliphatic rings. The third kappa shape index (κ3) is 3.91. The Labute approximate surface area is 164 Å². The second-order valence-corrected chi connectivity index (χ2v) is 6.62. The molecule has 0 saturated carbocycles. The quantitative estimate of drug-likeness (QED) is 0.561. The van der Waals surface area contributed by atoms with Gasteiger partial charge >= 0.3 is 0 Å². The van der Waals surface area contributed by atoms with E-state index in [1.54, 1.807) is 0 Å². The molecule has 1 amide bonds. The average molecular weight is 392 g/mol. The summed E-state index contributed by atoms with van der Waals surface area (Å²) in [4.78, 5) is 29.0. The van der Waals surface area contributed by atoms with Crippen LogP contribution in [-0.4, -0.2) is 20.6 Å². The molecule has 0 aliphatic carbocycles. The third-order valence-corrected chi connectivity index (χ3v) is 4.48. The molecule has 0 radical (unpaired) electrons. The van der Waals surface area contributed by atoms with Crippen molar-refractivity contribution in [1.29, 1.82) is 0 Å². The molecule has 29 heavy (non-hydrogen) atoms. The van der Waals surface area contributed by atoms with Gasteiger partial charge in [0.05, 0.1) is 6.33 Å². The van der Waals surface area contributed by atoms with Crippen LogP contribution < -0.4 is 10.9 Å². The normalized spacial score (nSPS) is 11.0. The number of carbonyl (C=O) groups excluding carboxylic acids is 1. The van der Waals surface area contributed by atoms with Crippen molar-refractivity contribution < 1.29 is 13.7 Å². The number of anilines is 1. The van der Waals surface area contributed by atoms with E-state index in [0.717, 1.165) is 11.1 Å². The number of amides is 1. The van der Waals surface area contributed by atoms with Crippen molar-refractivity contribution in [2.45, 2.75) is 19.9 Å². The molecule has 0 atom stereocenters. The fraction of sp³-hybridized carbons (Fsp3) is 0.143. The highest BCUT2D eigenvalue weighted by Crippen LogP contribution is 2.24. The zero-order valence-electron chi connectivity index (χ0n) is 15.6. The van der Waals surface area contributed by atoms with Gasteiger partial charge < -0.3 is 9.84 Å². The Balaban J connectivity index is 1.51. The number of nitrogens with one attached hydrogen (secondary N) is 1. The molecule has 8 heteroatoms. The summed E-state index contributed by atoms with van der Waals surface area (Å²) in [6.45, 7) is 2.10. The van der Waals surface area contributed by atoms with Crippen molar-refractivity contribution >= 4 is 22.7 Å². The van der Waals surface area contributed by atoms with Gasteiger partial charge in [-0.25, -0.2) is 9.37 Å². The van der Waals surface area contributed by atoms with Crippen LogP contribution in [0, 0.1) is 12.7 Å². The standard InChI is InChI=1S/C21H17FN4O3/c1-13-2-4-14(5-3-13)18-19-20(29-25-18)21(28)26(12-23-19)11-10-17(27)24-16-8-6-15(22)7-9-16/h2-9,12H,10-11H2,1H3,(H,24,27). The molecule has 2 heterocycles. The zero-order chi connectivity index (χ0) is 20.4. The summed E-state index contributed by atoms with van der Waals surface area (Å²) in [5.41, 5.74) is 2.91. The lowest BCUT2D eigenvalue weighted by Gasteiger charge is -2.06. The van der Waals surface area contributed by atoms with Crippen LogP contribution in [0.1, 0.15) is 12.0 Å². The van der Waals surface area contributed by atoms with E-state index in [9.17, 15) is 14.0 Å². The Kier molecular flexibility index (Phi) is 4.90. The Bertz CT molecular complexity index is 1230. The van der Waals surface area contributed by atoms with Crippen molar-refractivity contribution in [3.8, 4) is 11.3 Å². The van der Waals surface area contributed by atoms with Crippen LogP contribution in [0.4, 0.5) is 10.1 Å². The fourth-order valence-electron chi connectivity index (χ4n) is 2.89. The maximum atomic E-state index is 12.9. The van der Waals surface area contributed by atoms with Gasteiger partial charge in [0.25, 0.3) is 11.1 Å². The zero-order valence-corrected chi connectivity index (χ0v) is 15.6. The van der Waals surface area contributed by atoms with Crippen molar-refractivity contribution in [2.75, 3.05) is 5.32 Å². The number of carbonyl (C=O) groups is 1. The van der Waals surface area contributed by atoms with Gasteiger partial charge in [0.2, 0.25) is 5.91 Å². The third-order valence-electron chi connectivity index (χ3n) is 4.48. The Morgan fingerprint density at radius 3 is 2.59 bits per heavy atom. The lowest BCUT2D eigenvalue weighted by Crippen LogP contribution is -2.23. The molecule has 146 valence electrons. The summed E-state index contributed by atoms with van der Waals surface area (Å²) < 4.78 is 19.5. The number of hydrogen-bond donors (Lipinski definition) is 1. The molecule has 2 aromatic heterocycles. The maximum absolute atomic E-state index is 12.9. The highest BCUT2D eigenvalue weighted by Gasteiger charge is 2.16. The van der Waals surface area contributed by atoms with Gasteiger partial charge in [0.1, 0.15) is 17.0 Å². The number of hydrogen-bond acceptors (Lipinski definition) is 5. The number of halogens is 1. The summed E-state index contributed by atoms with van der Waals surface area (Å²) in [7, 11) is 0. The average Bonchev–Trinajstić information content (AvgIpc) is 3.15. The summed E-state index contributed by atoms with van der Waals surface area (Å²) in [6, 6.07) is 13.1. The fourth-order valence-corrected chi connectivity index (χ4v) is 2.89. The summed E-state index contributed by atoms with van der Waals surface area (Å²) >= 11 is 0. The molecule has 0 aliphatic heterocycles. The van der Waals surface area contributed by atoms with Crippen molar-refractivity contribution in [1.82, 2.24) is 14.7 Å². The summed E-state index contributed by atoms with van der Waals surface area (Å²) in [5.74, 6) is -0.687. The summed E-state index contributed by atoms with van der Waals surface area (Å²) in [6.07, 6.45) is 1.42. The molecule has 4 aromatic rings. The smallest absolute Gasteiger partial charge is 0.299 e. The van der Waals surface area contributed by atoms with Gasteiger partial charge in [-0.15, -0.1) is 0 Å². The van der Waals surface area contributed by atoms with Gasteiger partial charge in [-0.3, -0.25) is 14.2 Å². The Morgan fingerprint density at radius 2 is 1.86 bits per heavy atom. The van der Waals surface area contributed by atoms with Gasteiger partial charge in [0, 0.05) is 24.2 Å². The van der Waals surface area contributed by atoms with E-state index >= 15 is 0 Å². The largest absolute Gasteiger partial charge is 0.348 e. The number of benzene rings is 2. The number of aryl methyl sites for hydroxylation is 2. The minimum atomic E-state index is -0.407. The second-order valence-electron chi connectivity index (χ2n) is 6.62. The number of aromatic nitrogens is 3. The Hall–Kier alpha value is -3.81. The molecule has 1 N–H and O–H groups in total. The van der Waals surface area contributed by atoms with E-state index in [1.165, 1.54) is 35.2 Å². The van der Waals surface area contributed by atoms with Crippen LogP contribution in [0.5, 0.6) is 0 Å². The van der Waals surface area contributed by atoms with Crippen molar-refractivity contribution in [2.24, 2.45) is 0 Å². The van der Waals surface area contributed by atoms with Crippen LogP contribution in [0.15, 0.2) is 64.2 Å². The van der Waals surface area contributed by atoms with Crippen LogP contribution in [0.25, 0.3) is 22.4 Å². The first kappa shape index (κ1) is 18.5. The molecular formula is C21H17FN4O3. The Morgan fingerprint density at radius 1 is 1.14 bits per heavy atom. The SMILES string of the molecule is Cc1ccc(-c2noc3c(=O)n(CCC(=O)Nc4ccc(F)cc4)cnc23)cc1. The van der Waals surface area contributed by atoms with E-state index in [0.29, 0.717) is 16.9 Å². The molecule has 2 aromatic carbocycles. The molecule has 4 rings (SSSR count). The van der Waals surface area contributed by atoms with E-state index in [-0.39, 0.29) is 30.3 Å². The highest BCUT2D eigenvalue weighted by molar-refractivity contribution is 5.90. The lowest BCUT2D eigenvalue weighted by atomic mass is 10.1. The number of rotatable bonds is 5. The monoisotopic (exact) mass is 392 g/mol. The van der Waals surface area contributed by atoms with Crippen molar-refractivity contribution in [3.63, 3.8) is 0 Å². The first-order valence-corrected chi connectivity index (χ1v) is 8.98. The van der Waals surface area contributed by atoms with E-state index in [1.807, 2.05) is 31.2 Å². The maximum Gasteiger partial charge on any atom is 0.299 e. The number of nitrogens with zero attached hydrogens (tertiary/aromatic N) is 3. The van der Waals surface area contributed by atoms with Crippen LogP contribution in [-0.2, 0) is 11.3 Å². The van der Waals surface area contributed by atoms with Crippen molar-refractivity contribution in [3.05, 3.63) is 76.6 Å². The topological polar surface area (TPSA) is 90.0 Å². The molecule has 0 fully saturated rings. The van der Waals surface area contributed by atoms with Gasteiger partial charge in [-0.1, -0.05) is 35.0 Å². The van der Waals surface area contributed by atoms with Gasteiger partial charge in [-0.2, -0.15) is 0 Å². The van der Waals surface area contributed by atoms with E-state index in [4.69, 9.17) is 4.52 Å². The van der Waals surface area contributed by atoms with E-state index in [2.05, 4.69) is 15.5 Å². The summed E-state index contributed by atoms with van der Waals surface area (Å²) in [5, 5.41) is 6.64. The van der Waals surface area contributed by atoms with Crippen LogP contribution in [0.2, 0.25) is 0 Å². The van der Waals surface area contributed by atoms with Gasteiger partial charge in [0.15, 0.2) is 0 Å². The first-order chi connectivity index (χ1) is 14.0. The minimum absolute atomic E-state index is 0.0435.